The normalized spacial score (nSPS) is 36.6. The molecule has 3 heterocycles. The molecule has 0 aromatic carbocycles. The van der Waals surface area contributed by atoms with Crippen LogP contribution in [-0.4, -0.2) is 36.8 Å². The molecular weight excluding hydrogens is 126 g/mol. The van der Waals surface area contributed by atoms with Gasteiger partial charge in [-0.15, -0.1) is 0 Å². The second-order valence-electron chi connectivity index (χ2n) is 3.07. The number of nitrogens with zero attached hydrogens (tertiary/aromatic N) is 1. The molecule has 2 heteroatoms. The fourth-order valence-corrected chi connectivity index (χ4v) is 1.86. The van der Waals surface area contributed by atoms with Crippen LogP contribution in [0.15, 0.2) is 0 Å². The molecule has 0 aromatic heterocycles. The molecule has 10 heavy (non-hydrogen) atoms. The van der Waals surface area contributed by atoms with E-state index in [4.69, 9.17) is 5.11 Å². The van der Waals surface area contributed by atoms with E-state index in [0.717, 1.165) is 13.0 Å². The van der Waals surface area contributed by atoms with Crippen molar-refractivity contribution in [2.75, 3.05) is 26.7 Å². The van der Waals surface area contributed by atoms with Crippen molar-refractivity contribution < 1.29 is 5.11 Å². The summed E-state index contributed by atoms with van der Waals surface area (Å²) in [5.74, 6) is 1.11. The maximum Gasteiger partial charge on any atom is 0.0319 e. The number of rotatable bonds is 0. The van der Waals surface area contributed by atoms with Crippen LogP contribution < -0.4 is 0 Å². The summed E-state index contributed by atoms with van der Waals surface area (Å²) in [7, 11) is 1.00. The molecule has 3 aliphatic rings. The van der Waals surface area contributed by atoms with Gasteiger partial charge in [0.05, 0.1) is 0 Å². The molecule has 0 saturated carbocycles. The smallest absolute Gasteiger partial charge is 0.0319 e. The third-order valence-electron chi connectivity index (χ3n) is 2.56. The number of hydrogen-bond donors (Lipinski definition) is 1. The third kappa shape index (κ3) is 1.70. The Labute approximate surface area is 62.8 Å². The minimum absolute atomic E-state index is 1.00. The van der Waals surface area contributed by atoms with E-state index in [0.29, 0.717) is 0 Å². The summed E-state index contributed by atoms with van der Waals surface area (Å²) in [5.41, 5.74) is 0. The second-order valence-corrected chi connectivity index (χ2v) is 3.07. The molecule has 0 spiro atoms. The highest BCUT2D eigenvalue weighted by Crippen LogP contribution is 2.26. The maximum absolute atomic E-state index is 7.00. The summed E-state index contributed by atoms with van der Waals surface area (Å²) in [6.07, 6.45) is 4.46. The summed E-state index contributed by atoms with van der Waals surface area (Å²) in [5, 5.41) is 7.00. The van der Waals surface area contributed by atoms with Crippen molar-refractivity contribution in [1.82, 2.24) is 4.90 Å². The topological polar surface area (TPSA) is 23.5 Å². The van der Waals surface area contributed by atoms with E-state index in [1.54, 1.807) is 0 Å². The number of piperidine rings is 3. The van der Waals surface area contributed by atoms with Gasteiger partial charge in [-0.3, -0.25) is 0 Å². The van der Waals surface area contributed by atoms with Crippen molar-refractivity contribution in [1.29, 1.82) is 0 Å². The first kappa shape index (κ1) is 8.02. The third-order valence-corrected chi connectivity index (χ3v) is 2.56. The fourth-order valence-electron chi connectivity index (χ4n) is 1.86. The molecule has 0 unspecified atom stereocenters. The molecule has 0 aliphatic carbocycles. The zero-order valence-corrected chi connectivity index (χ0v) is 6.71. The lowest BCUT2D eigenvalue weighted by molar-refractivity contribution is 0.111. The molecule has 2 nitrogen and oxygen atoms in total. The molecule has 2 bridgehead atoms. The van der Waals surface area contributed by atoms with Crippen molar-refractivity contribution in [2.45, 2.75) is 19.3 Å². The van der Waals surface area contributed by atoms with E-state index in [9.17, 15) is 0 Å². The van der Waals surface area contributed by atoms with E-state index in [1.165, 1.54) is 38.9 Å². The zero-order valence-electron chi connectivity index (χ0n) is 6.71. The number of aliphatic hydroxyl groups is 1. The Kier molecular flexibility index (Phi) is 3.16. The Bertz CT molecular complexity index is 64.2. The van der Waals surface area contributed by atoms with Crippen LogP contribution in [-0.2, 0) is 0 Å². The Morgan fingerprint density at radius 3 is 1.50 bits per heavy atom. The minimum Gasteiger partial charge on any atom is -0.400 e. The standard InChI is InChI=1S/C7H13N.CH4O/c1-4-8-5-2-7(1)3-6-8;1-2/h7H,1-6H2;2H,1H3. The molecule has 3 fully saturated rings. The van der Waals surface area contributed by atoms with Gasteiger partial charge in [-0.05, 0) is 44.8 Å². The molecule has 3 saturated heterocycles. The van der Waals surface area contributed by atoms with Crippen molar-refractivity contribution >= 4 is 0 Å². The highest BCUT2D eigenvalue weighted by molar-refractivity contribution is 4.78. The van der Waals surface area contributed by atoms with Gasteiger partial charge in [-0.25, -0.2) is 0 Å². The van der Waals surface area contributed by atoms with Gasteiger partial charge < -0.3 is 10.0 Å². The maximum atomic E-state index is 7.00. The van der Waals surface area contributed by atoms with Crippen LogP contribution in [0.1, 0.15) is 19.3 Å². The summed E-state index contributed by atoms with van der Waals surface area (Å²) in [6.45, 7) is 4.18. The molecule has 3 aliphatic heterocycles. The Morgan fingerprint density at radius 1 is 1.00 bits per heavy atom. The Balaban J connectivity index is 0.000000231. The lowest BCUT2D eigenvalue weighted by Crippen LogP contribution is -2.41. The first-order valence-electron chi connectivity index (χ1n) is 4.12. The summed E-state index contributed by atoms with van der Waals surface area (Å²) in [6, 6.07) is 0. The molecular formula is C8H17NO. The molecule has 0 amide bonds. The molecule has 0 atom stereocenters. The SMILES string of the molecule is C1CN2CCC1CC2.CO. The number of hydrogen-bond acceptors (Lipinski definition) is 2. The van der Waals surface area contributed by atoms with Crippen LogP contribution in [0.3, 0.4) is 0 Å². The van der Waals surface area contributed by atoms with Crippen LogP contribution >= 0.6 is 0 Å². The van der Waals surface area contributed by atoms with Gasteiger partial charge in [-0.1, -0.05) is 0 Å². The van der Waals surface area contributed by atoms with Gasteiger partial charge in [0, 0.05) is 7.11 Å². The average Bonchev–Trinajstić information content (AvgIpc) is 2.11. The summed E-state index contributed by atoms with van der Waals surface area (Å²) in [4.78, 5) is 2.58. The fraction of sp³-hybridized carbons (Fsp3) is 1.00. The van der Waals surface area contributed by atoms with Gasteiger partial charge in [0.25, 0.3) is 0 Å². The Hall–Kier alpha value is -0.0800. The van der Waals surface area contributed by atoms with Crippen molar-refractivity contribution in [3.05, 3.63) is 0 Å². The molecule has 0 radical (unpaired) electrons. The number of aliphatic hydroxyl groups excluding tert-OH is 1. The summed E-state index contributed by atoms with van der Waals surface area (Å²) >= 11 is 0. The van der Waals surface area contributed by atoms with Gasteiger partial charge in [0.2, 0.25) is 0 Å². The molecule has 60 valence electrons. The van der Waals surface area contributed by atoms with Gasteiger partial charge in [0.15, 0.2) is 0 Å². The van der Waals surface area contributed by atoms with E-state index >= 15 is 0 Å². The van der Waals surface area contributed by atoms with Crippen LogP contribution in [0, 0.1) is 5.92 Å². The molecule has 0 aromatic rings. The van der Waals surface area contributed by atoms with Crippen LogP contribution in [0.4, 0.5) is 0 Å². The number of fused-ring (bicyclic) bond motifs is 3. The largest absolute Gasteiger partial charge is 0.400 e. The Morgan fingerprint density at radius 2 is 1.40 bits per heavy atom. The zero-order chi connectivity index (χ0) is 7.40. The van der Waals surface area contributed by atoms with Crippen molar-refractivity contribution in [2.24, 2.45) is 5.92 Å². The molecule has 3 rings (SSSR count). The van der Waals surface area contributed by atoms with Crippen LogP contribution in [0.2, 0.25) is 0 Å². The van der Waals surface area contributed by atoms with Crippen molar-refractivity contribution in [3.8, 4) is 0 Å². The van der Waals surface area contributed by atoms with Crippen LogP contribution in [0.25, 0.3) is 0 Å². The van der Waals surface area contributed by atoms with Crippen molar-refractivity contribution in [3.63, 3.8) is 0 Å². The minimum atomic E-state index is 1.00. The van der Waals surface area contributed by atoms with E-state index < -0.39 is 0 Å². The summed E-state index contributed by atoms with van der Waals surface area (Å²) < 4.78 is 0. The average molecular weight is 143 g/mol. The highest BCUT2D eigenvalue weighted by atomic mass is 16.2. The first-order chi connectivity index (χ1) is 4.95. The van der Waals surface area contributed by atoms with E-state index in [2.05, 4.69) is 4.90 Å². The lowest BCUT2D eigenvalue weighted by atomic mass is 9.89. The van der Waals surface area contributed by atoms with E-state index in [-0.39, 0.29) is 0 Å². The lowest BCUT2D eigenvalue weighted by Gasteiger charge is -2.38. The van der Waals surface area contributed by atoms with Crippen LogP contribution in [0.5, 0.6) is 0 Å². The van der Waals surface area contributed by atoms with Gasteiger partial charge in [-0.2, -0.15) is 0 Å². The molecule has 1 N–H and O–H groups in total. The van der Waals surface area contributed by atoms with E-state index in [1.807, 2.05) is 0 Å². The predicted octanol–water partition coefficient (Wildman–Crippen LogP) is 0.711. The quantitative estimate of drug-likeness (QED) is 0.540. The van der Waals surface area contributed by atoms with Gasteiger partial charge in [0.1, 0.15) is 0 Å². The monoisotopic (exact) mass is 143 g/mol. The predicted molar refractivity (Wildman–Crippen MR) is 41.9 cm³/mol. The highest BCUT2D eigenvalue weighted by Gasteiger charge is 2.24. The first-order valence-corrected chi connectivity index (χ1v) is 4.12. The van der Waals surface area contributed by atoms with Gasteiger partial charge >= 0.3 is 0 Å². The second kappa shape index (κ2) is 3.94.